The number of nitro groups is 1. The summed E-state index contributed by atoms with van der Waals surface area (Å²) in [4.78, 5) is 9.85. The molecule has 4 nitrogen and oxygen atoms in total. The summed E-state index contributed by atoms with van der Waals surface area (Å²) < 4.78 is 0. The van der Waals surface area contributed by atoms with Crippen LogP contribution in [0.25, 0.3) is 0 Å². The second-order valence-electron chi connectivity index (χ2n) is 3.74. The van der Waals surface area contributed by atoms with Crippen LogP contribution < -0.4 is 0 Å². The molecule has 0 radical (unpaired) electrons. The molecule has 12 heavy (non-hydrogen) atoms. The van der Waals surface area contributed by atoms with Gasteiger partial charge in [-0.25, -0.2) is 0 Å². The van der Waals surface area contributed by atoms with Crippen LogP contribution in [0.3, 0.4) is 0 Å². The smallest absolute Gasteiger partial charge is 0.232 e. The predicted molar refractivity (Wildman–Crippen MR) is 44.4 cm³/mol. The van der Waals surface area contributed by atoms with E-state index in [9.17, 15) is 15.2 Å². The highest BCUT2D eigenvalue weighted by atomic mass is 16.6. The van der Waals surface area contributed by atoms with Gasteiger partial charge in [-0.3, -0.25) is 10.1 Å². The van der Waals surface area contributed by atoms with Gasteiger partial charge in [-0.05, 0) is 18.8 Å². The Kier molecular flexibility index (Phi) is 2.67. The molecule has 1 aliphatic rings. The third kappa shape index (κ3) is 1.94. The van der Waals surface area contributed by atoms with Crippen molar-refractivity contribution in [2.75, 3.05) is 6.54 Å². The SMILES string of the molecule is C[C@H]1CCCC[C@@]1(O)C[N+](=O)[O-]. The van der Waals surface area contributed by atoms with Crippen molar-refractivity contribution >= 4 is 0 Å². The molecule has 1 rings (SSSR count). The summed E-state index contributed by atoms with van der Waals surface area (Å²) in [6.45, 7) is 1.59. The molecule has 0 aromatic carbocycles. The van der Waals surface area contributed by atoms with Crippen molar-refractivity contribution in [3.8, 4) is 0 Å². The monoisotopic (exact) mass is 173 g/mol. The second-order valence-corrected chi connectivity index (χ2v) is 3.74. The molecular weight excluding hydrogens is 158 g/mol. The van der Waals surface area contributed by atoms with Gasteiger partial charge in [-0.1, -0.05) is 19.8 Å². The van der Waals surface area contributed by atoms with Crippen molar-refractivity contribution in [2.45, 2.75) is 38.2 Å². The molecule has 1 N–H and O–H groups in total. The quantitative estimate of drug-likeness (QED) is 0.504. The van der Waals surface area contributed by atoms with E-state index < -0.39 is 10.5 Å². The molecule has 0 aliphatic heterocycles. The molecule has 0 saturated heterocycles. The zero-order valence-corrected chi connectivity index (χ0v) is 7.32. The van der Waals surface area contributed by atoms with Crippen LogP contribution >= 0.6 is 0 Å². The summed E-state index contributed by atoms with van der Waals surface area (Å²) in [5.41, 5.74) is -1.04. The van der Waals surface area contributed by atoms with Gasteiger partial charge in [0.1, 0.15) is 5.60 Å². The van der Waals surface area contributed by atoms with Gasteiger partial charge >= 0.3 is 0 Å². The molecule has 0 heterocycles. The Morgan fingerprint density at radius 1 is 1.67 bits per heavy atom. The summed E-state index contributed by atoms with van der Waals surface area (Å²) in [5.74, 6) is 0.0663. The van der Waals surface area contributed by atoms with Crippen molar-refractivity contribution < 1.29 is 10.0 Å². The van der Waals surface area contributed by atoms with Crippen LogP contribution in [0.4, 0.5) is 0 Å². The summed E-state index contributed by atoms with van der Waals surface area (Å²) in [5, 5.41) is 20.1. The highest BCUT2D eigenvalue weighted by molar-refractivity contribution is 4.87. The Morgan fingerprint density at radius 2 is 2.33 bits per heavy atom. The molecule has 0 unspecified atom stereocenters. The van der Waals surface area contributed by atoms with Gasteiger partial charge in [0.05, 0.1) is 0 Å². The lowest BCUT2D eigenvalue weighted by molar-refractivity contribution is -0.504. The van der Waals surface area contributed by atoms with E-state index in [2.05, 4.69) is 0 Å². The number of nitrogens with zero attached hydrogens (tertiary/aromatic N) is 1. The molecule has 4 heteroatoms. The minimum atomic E-state index is -1.04. The zero-order chi connectivity index (χ0) is 9.19. The summed E-state index contributed by atoms with van der Waals surface area (Å²) >= 11 is 0. The molecule has 1 saturated carbocycles. The van der Waals surface area contributed by atoms with E-state index >= 15 is 0 Å². The fourth-order valence-corrected chi connectivity index (χ4v) is 1.86. The fraction of sp³-hybridized carbons (Fsp3) is 1.00. The molecule has 0 spiro atoms. The standard InChI is InChI=1S/C8H15NO3/c1-7-4-2-3-5-8(7,10)6-9(11)12/h7,10H,2-6H2,1H3/t7-,8+/m0/s1. The third-order valence-corrected chi connectivity index (χ3v) is 2.82. The van der Waals surface area contributed by atoms with Crippen molar-refractivity contribution in [3.05, 3.63) is 10.1 Å². The maximum atomic E-state index is 10.3. The number of rotatable bonds is 2. The van der Waals surface area contributed by atoms with Crippen LogP contribution in [0.5, 0.6) is 0 Å². The Hall–Kier alpha value is -0.640. The Labute approximate surface area is 71.7 Å². The zero-order valence-electron chi connectivity index (χ0n) is 7.32. The van der Waals surface area contributed by atoms with Gasteiger partial charge < -0.3 is 5.11 Å². The van der Waals surface area contributed by atoms with Crippen molar-refractivity contribution in [1.82, 2.24) is 0 Å². The number of hydrogen-bond acceptors (Lipinski definition) is 3. The lowest BCUT2D eigenvalue weighted by Gasteiger charge is -2.34. The van der Waals surface area contributed by atoms with Crippen LogP contribution in [0, 0.1) is 16.0 Å². The first kappa shape index (κ1) is 9.45. The minimum Gasteiger partial charge on any atom is -0.383 e. The fourth-order valence-electron chi connectivity index (χ4n) is 1.86. The number of aliphatic hydroxyl groups is 1. The molecule has 1 aliphatic carbocycles. The van der Waals surface area contributed by atoms with E-state index in [-0.39, 0.29) is 12.5 Å². The van der Waals surface area contributed by atoms with E-state index in [0.29, 0.717) is 6.42 Å². The van der Waals surface area contributed by atoms with E-state index in [1.807, 2.05) is 6.92 Å². The largest absolute Gasteiger partial charge is 0.383 e. The topological polar surface area (TPSA) is 63.4 Å². The molecule has 70 valence electrons. The van der Waals surface area contributed by atoms with Crippen LogP contribution in [0.2, 0.25) is 0 Å². The van der Waals surface area contributed by atoms with Crippen LogP contribution in [-0.2, 0) is 0 Å². The van der Waals surface area contributed by atoms with E-state index in [1.54, 1.807) is 0 Å². The van der Waals surface area contributed by atoms with Crippen molar-refractivity contribution in [1.29, 1.82) is 0 Å². The number of hydrogen-bond donors (Lipinski definition) is 1. The average Bonchev–Trinajstić information content (AvgIpc) is 1.94. The first-order chi connectivity index (χ1) is 5.54. The van der Waals surface area contributed by atoms with Gasteiger partial charge in [0, 0.05) is 4.92 Å². The Morgan fingerprint density at radius 3 is 2.83 bits per heavy atom. The lowest BCUT2D eigenvalue weighted by Crippen LogP contribution is -2.45. The molecular formula is C8H15NO3. The molecule has 2 atom stereocenters. The van der Waals surface area contributed by atoms with Crippen molar-refractivity contribution in [3.63, 3.8) is 0 Å². The van der Waals surface area contributed by atoms with Gasteiger partial charge in [-0.2, -0.15) is 0 Å². The third-order valence-electron chi connectivity index (χ3n) is 2.82. The molecule has 0 aromatic heterocycles. The van der Waals surface area contributed by atoms with Gasteiger partial charge in [-0.15, -0.1) is 0 Å². The average molecular weight is 173 g/mol. The summed E-state index contributed by atoms with van der Waals surface area (Å²) in [6, 6.07) is 0. The van der Waals surface area contributed by atoms with Crippen molar-refractivity contribution in [2.24, 2.45) is 5.92 Å². The van der Waals surface area contributed by atoms with Gasteiger partial charge in [0.25, 0.3) is 0 Å². The van der Waals surface area contributed by atoms with E-state index in [1.165, 1.54) is 0 Å². The van der Waals surface area contributed by atoms with Crippen LogP contribution in [0.15, 0.2) is 0 Å². The second kappa shape index (κ2) is 3.39. The maximum absolute atomic E-state index is 10.3. The van der Waals surface area contributed by atoms with E-state index in [4.69, 9.17) is 0 Å². The molecule has 0 aromatic rings. The van der Waals surface area contributed by atoms with Crippen LogP contribution in [0.1, 0.15) is 32.6 Å². The van der Waals surface area contributed by atoms with Crippen LogP contribution in [-0.4, -0.2) is 22.2 Å². The summed E-state index contributed by atoms with van der Waals surface area (Å²) in [6.07, 6.45) is 3.48. The first-order valence-corrected chi connectivity index (χ1v) is 4.39. The Bertz CT molecular complexity index is 183. The Balaban J connectivity index is 2.59. The van der Waals surface area contributed by atoms with Gasteiger partial charge in [0.15, 0.2) is 0 Å². The molecule has 1 fully saturated rings. The summed E-state index contributed by atoms with van der Waals surface area (Å²) in [7, 11) is 0. The normalized spacial score (nSPS) is 36.3. The highest BCUT2D eigenvalue weighted by Crippen LogP contribution is 2.33. The molecule has 0 amide bonds. The van der Waals surface area contributed by atoms with E-state index in [0.717, 1.165) is 19.3 Å². The first-order valence-electron chi connectivity index (χ1n) is 4.39. The maximum Gasteiger partial charge on any atom is 0.232 e. The molecule has 0 bridgehead atoms. The van der Waals surface area contributed by atoms with Gasteiger partial charge in [0.2, 0.25) is 6.54 Å². The predicted octanol–water partition coefficient (Wildman–Crippen LogP) is 1.20. The lowest BCUT2D eigenvalue weighted by atomic mass is 9.76. The highest BCUT2D eigenvalue weighted by Gasteiger charge is 2.40. The minimum absolute atomic E-state index is 0.0663.